The fourth-order valence-corrected chi connectivity index (χ4v) is 2.10. The van der Waals surface area contributed by atoms with Gasteiger partial charge in [-0.2, -0.15) is 5.10 Å². The largest absolute Gasteiger partial charge is 0.357 e. The van der Waals surface area contributed by atoms with Crippen molar-refractivity contribution in [1.29, 1.82) is 0 Å². The predicted octanol–water partition coefficient (Wildman–Crippen LogP) is 1.77. The van der Waals surface area contributed by atoms with Gasteiger partial charge in [0.05, 0.1) is 6.20 Å². The molecule has 0 amide bonds. The number of guanidine groups is 1. The first-order chi connectivity index (χ1) is 10.8. The zero-order chi connectivity index (χ0) is 15.6. The van der Waals surface area contributed by atoms with Crippen molar-refractivity contribution in [3.05, 3.63) is 48.0 Å². The second kappa shape index (κ2) is 11.0. The summed E-state index contributed by atoms with van der Waals surface area (Å²) in [6.45, 7) is 4.47. The van der Waals surface area contributed by atoms with Crippen molar-refractivity contribution in [3.8, 4) is 0 Å². The van der Waals surface area contributed by atoms with Crippen LogP contribution in [0.15, 0.2) is 41.8 Å². The molecule has 0 spiro atoms. The van der Waals surface area contributed by atoms with Crippen LogP contribution in [-0.4, -0.2) is 40.4 Å². The third kappa shape index (κ3) is 7.45. The average molecular weight is 428 g/mol. The summed E-state index contributed by atoms with van der Waals surface area (Å²) in [5.74, 6) is 0.849. The van der Waals surface area contributed by atoms with Gasteiger partial charge in [-0.3, -0.25) is 14.7 Å². The highest BCUT2D eigenvalue weighted by Gasteiger charge is 1.99. The molecule has 0 aromatic carbocycles. The van der Waals surface area contributed by atoms with Crippen molar-refractivity contribution >= 4 is 29.9 Å². The highest BCUT2D eigenvalue weighted by Crippen LogP contribution is 1.96. The van der Waals surface area contributed by atoms with Gasteiger partial charge >= 0.3 is 0 Å². The number of aryl methyl sites for hydroxylation is 1. The van der Waals surface area contributed by atoms with Gasteiger partial charge in [0.2, 0.25) is 0 Å². The van der Waals surface area contributed by atoms with Gasteiger partial charge in [-0.05, 0) is 31.0 Å². The molecule has 0 aliphatic rings. The van der Waals surface area contributed by atoms with Crippen LogP contribution in [0.1, 0.15) is 18.2 Å². The number of hydrogen-bond donors (Lipinski definition) is 2. The maximum absolute atomic E-state index is 4.58. The molecule has 0 fully saturated rings. The minimum atomic E-state index is 0. The molecular weight excluding hydrogens is 403 g/mol. The SMILES string of the molecule is CCNC(=NCCc1ccccn1)NCCc1cnn(C)c1.I. The summed E-state index contributed by atoms with van der Waals surface area (Å²) < 4.78 is 1.82. The fourth-order valence-electron chi connectivity index (χ4n) is 2.10. The Kier molecular flexibility index (Phi) is 9.27. The van der Waals surface area contributed by atoms with Gasteiger partial charge in [-0.25, -0.2) is 0 Å². The van der Waals surface area contributed by atoms with Crippen LogP contribution in [0.3, 0.4) is 0 Å². The van der Waals surface area contributed by atoms with Crippen LogP contribution in [-0.2, 0) is 19.9 Å². The molecule has 0 bridgehead atoms. The Morgan fingerprint density at radius 3 is 2.78 bits per heavy atom. The smallest absolute Gasteiger partial charge is 0.191 e. The monoisotopic (exact) mass is 428 g/mol. The number of pyridine rings is 1. The molecule has 2 aromatic heterocycles. The highest BCUT2D eigenvalue weighted by molar-refractivity contribution is 14.0. The van der Waals surface area contributed by atoms with Crippen LogP contribution in [0, 0.1) is 0 Å². The Balaban J connectivity index is 0.00000264. The predicted molar refractivity (Wildman–Crippen MR) is 104 cm³/mol. The quantitative estimate of drug-likeness (QED) is 0.401. The summed E-state index contributed by atoms with van der Waals surface area (Å²) in [4.78, 5) is 8.89. The Labute approximate surface area is 154 Å². The first kappa shape index (κ1) is 19.4. The molecule has 0 atom stereocenters. The van der Waals surface area contributed by atoms with Gasteiger partial charge in [-0.1, -0.05) is 6.07 Å². The van der Waals surface area contributed by atoms with E-state index in [1.807, 2.05) is 48.5 Å². The van der Waals surface area contributed by atoms with Crippen molar-refractivity contribution in [1.82, 2.24) is 25.4 Å². The Morgan fingerprint density at radius 2 is 2.13 bits per heavy atom. The van der Waals surface area contributed by atoms with Crippen LogP contribution in [0.5, 0.6) is 0 Å². The molecule has 2 rings (SSSR count). The van der Waals surface area contributed by atoms with Crippen molar-refractivity contribution in [2.45, 2.75) is 19.8 Å². The molecule has 0 unspecified atom stereocenters. The van der Waals surface area contributed by atoms with E-state index in [0.29, 0.717) is 0 Å². The minimum Gasteiger partial charge on any atom is -0.357 e. The molecular formula is C16H25IN6. The van der Waals surface area contributed by atoms with Gasteiger partial charge in [0.15, 0.2) is 5.96 Å². The first-order valence-electron chi connectivity index (χ1n) is 7.67. The van der Waals surface area contributed by atoms with Gasteiger partial charge in [0.1, 0.15) is 0 Å². The standard InChI is InChI=1S/C16H24N6.HI/c1-3-17-16(19-10-7-14-12-21-22(2)13-14)20-11-8-15-6-4-5-9-18-15;/h4-6,9,12-13H,3,7-8,10-11H2,1-2H3,(H2,17,19,20);1H. The van der Waals surface area contributed by atoms with Crippen molar-refractivity contribution in [2.24, 2.45) is 12.0 Å². The van der Waals surface area contributed by atoms with E-state index in [-0.39, 0.29) is 24.0 Å². The van der Waals surface area contributed by atoms with Gasteiger partial charge < -0.3 is 10.6 Å². The lowest BCUT2D eigenvalue weighted by atomic mass is 10.2. The van der Waals surface area contributed by atoms with Crippen LogP contribution in [0.2, 0.25) is 0 Å². The molecule has 0 saturated carbocycles. The van der Waals surface area contributed by atoms with Crippen molar-refractivity contribution < 1.29 is 0 Å². The summed E-state index contributed by atoms with van der Waals surface area (Å²) in [6.07, 6.45) is 7.52. The molecule has 0 saturated heterocycles. The molecule has 0 radical (unpaired) electrons. The fraction of sp³-hybridized carbons (Fsp3) is 0.438. The van der Waals surface area contributed by atoms with E-state index in [9.17, 15) is 0 Å². The molecule has 0 aliphatic carbocycles. The molecule has 6 nitrogen and oxygen atoms in total. The second-order valence-corrected chi connectivity index (χ2v) is 5.03. The van der Waals surface area contributed by atoms with E-state index in [4.69, 9.17) is 0 Å². The molecule has 23 heavy (non-hydrogen) atoms. The topological polar surface area (TPSA) is 67.1 Å². The third-order valence-corrected chi connectivity index (χ3v) is 3.17. The summed E-state index contributed by atoms with van der Waals surface area (Å²) in [6, 6.07) is 5.96. The van der Waals surface area contributed by atoms with E-state index in [2.05, 4.69) is 32.6 Å². The zero-order valence-corrected chi connectivity index (χ0v) is 16.0. The van der Waals surface area contributed by atoms with E-state index in [0.717, 1.165) is 44.1 Å². The Morgan fingerprint density at radius 1 is 1.26 bits per heavy atom. The molecule has 7 heteroatoms. The molecule has 2 heterocycles. The lowest BCUT2D eigenvalue weighted by Gasteiger charge is -2.10. The number of aliphatic imine (C=N–C) groups is 1. The number of rotatable bonds is 7. The number of nitrogens with one attached hydrogen (secondary N) is 2. The Hall–Kier alpha value is -1.64. The first-order valence-corrected chi connectivity index (χ1v) is 7.67. The zero-order valence-electron chi connectivity index (χ0n) is 13.7. The summed E-state index contributed by atoms with van der Waals surface area (Å²) in [5.41, 5.74) is 2.29. The normalized spacial score (nSPS) is 11.0. The number of nitrogens with zero attached hydrogens (tertiary/aromatic N) is 4. The van der Waals surface area contributed by atoms with E-state index < -0.39 is 0 Å². The van der Waals surface area contributed by atoms with Crippen molar-refractivity contribution in [2.75, 3.05) is 19.6 Å². The molecule has 0 aliphatic heterocycles. The summed E-state index contributed by atoms with van der Waals surface area (Å²) in [7, 11) is 1.93. The maximum atomic E-state index is 4.58. The highest BCUT2D eigenvalue weighted by atomic mass is 127. The van der Waals surface area contributed by atoms with E-state index in [1.165, 1.54) is 5.56 Å². The molecule has 2 N–H and O–H groups in total. The number of aromatic nitrogens is 3. The number of hydrogen-bond acceptors (Lipinski definition) is 3. The third-order valence-electron chi connectivity index (χ3n) is 3.17. The lowest BCUT2D eigenvalue weighted by Crippen LogP contribution is -2.38. The van der Waals surface area contributed by atoms with Crippen LogP contribution >= 0.6 is 24.0 Å². The van der Waals surface area contributed by atoms with E-state index >= 15 is 0 Å². The number of halogens is 1. The van der Waals surface area contributed by atoms with Gasteiger partial charge in [0, 0.05) is 51.2 Å². The summed E-state index contributed by atoms with van der Waals surface area (Å²) >= 11 is 0. The van der Waals surface area contributed by atoms with Crippen LogP contribution in [0.25, 0.3) is 0 Å². The molecule has 2 aromatic rings. The van der Waals surface area contributed by atoms with Gasteiger partial charge in [-0.15, -0.1) is 24.0 Å². The van der Waals surface area contributed by atoms with Crippen LogP contribution in [0.4, 0.5) is 0 Å². The lowest BCUT2D eigenvalue weighted by molar-refractivity contribution is 0.764. The molecule has 126 valence electrons. The minimum absolute atomic E-state index is 0. The van der Waals surface area contributed by atoms with E-state index in [1.54, 1.807) is 0 Å². The van der Waals surface area contributed by atoms with Crippen molar-refractivity contribution in [3.63, 3.8) is 0 Å². The average Bonchev–Trinajstić information content (AvgIpc) is 2.94. The Bertz CT molecular complexity index is 581. The second-order valence-electron chi connectivity index (χ2n) is 5.03. The van der Waals surface area contributed by atoms with Crippen LogP contribution < -0.4 is 10.6 Å². The maximum Gasteiger partial charge on any atom is 0.191 e. The summed E-state index contributed by atoms with van der Waals surface area (Å²) in [5, 5.41) is 10.8. The van der Waals surface area contributed by atoms with Gasteiger partial charge in [0.25, 0.3) is 0 Å².